The Morgan fingerprint density at radius 1 is 1.11 bits per heavy atom. The van der Waals surface area contributed by atoms with Crippen molar-refractivity contribution < 1.29 is 0 Å². The van der Waals surface area contributed by atoms with Gasteiger partial charge in [0, 0.05) is 24.3 Å². The zero-order chi connectivity index (χ0) is 13.8. The average molecular weight is 263 g/mol. The van der Waals surface area contributed by atoms with Gasteiger partial charge in [0.15, 0.2) is 0 Å². The highest BCUT2D eigenvalue weighted by Gasteiger charge is 2.18. The molecule has 2 heterocycles. The van der Waals surface area contributed by atoms with E-state index in [2.05, 4.69) is 34.1 Å². The van der Waals surface area contributed by atoms with Crippen LogP contribution in [0.5, 0.6) is 0 Å². The van der Waals surface area contributed by atoms with Gasteiger partial charge in [-0.05, 0) is 25.7 Å². The molecule has 5 nitrogen and oxygen atoms in total. The van der Waals surface area contributed by atoms with Crippen molar-refractivity contribution in [1.29, 1.82) is 0 Å². The Balaban J connectivity index is 2.33. The molecule has 5 heteroatoms. The van der Waals surface area contributed by atoms with Crippen LogP contribution < -0.4 is 16.2 Å². The summed E-state index contributed by atoms with van der Waals surface area (Å²) < 4.78 is 0. The van der Waals surface area contributed by atoms with Gasteiger partial charge in [-0.2, -0.15) is 4.98 Å². The Hall–Kier alpha value is -1.36. The molecule has 0 spiro atoms. The molecule has 1 aromatic rings. The number of nitrogen functional groups attached to an aromatic ring is 1. The second-order valence-corrected chi connectivity index (χ2v) is 5.57. The molecule has 1 aliphatic heterocycles. The van der Waals surface area contributed by atoms with Crippen LogP contribution in [0.25, 0.3) is 0 Å². The van der Waals surface area contributed by atoms with Crippen molar-refractivity contribution in [2.24, 2.45) is 5.84 Å². The number of rotatable bonds is 3. The van der Waals surface area contributed by atoms with Gasteiger partial charge in [0.25, 0.3) is 0 Å². The molecule has 19 heavy (non-hydrogen) atoms. The molecule has 0 atom stereocenters. The van der Waals surface area contributed by atoms with E-state index in [1.807, 2.05) is 6.92 Å². The number of nitrogens with two attached hydrogens (primary N) is 1. The van der Waals surface area contributed by atoms with Crippen molar-refractivity contribution in [2.45, 2.75) is 52.4 Å². The Labute approximate surface area is 115 Å². The lowest BCUT2D eigenvalue weighted by Crippen LogP contribution is -2.27. The van der Waals surface area contributed by atoms with Gasteiger partial charge in [0.2, 0.25) is 5.95 Å². The Morgan fingerprint density at radius 3 is 2.26 bits per heavy atom. The number of nitrogens with zero attached hydrogens (tertiary/aromatic N) is 3. The molecule has 0 amide bonds. The van der Waals surface area contributed by atoms with Gasteiger partial charge < -0.3 is 10.3 Å². The summed E-state index contributed by atoms with van der Waals surface area (Å²) in [6.07, 6.45) is 5.06. The largest absolute Gasteiger partial charge is 0.341 e. The Kier molecular flexibility index (Phi) is 4.58. The van der Waals surface area contributed by atoms with Crippen LogP contribution in [0, 0.1) is 6.92 Å². The van der Waals surface area contributed by atoms with Crippen molar-refractivity contribution >= 4 is 11.8 Å². The van der Waals surface area contributed by atoms with E-state index in [4.69, 9.17) is 5.84 Å². The van der Waals surface area contributed by atoms with Crippen LogP contribution in [0.1, 0.15) is 56.7 Å². The molecule has 1 aromatic heterocycles. The van der Waals surface area contributed by atoms with E-state index in [0.717, 1.165) is 36.1 Å². The molecule has 0 saturated carbocycles. The van der Waals surface area contributed by atoms with E-state index >= 15 is 0 Å². The smallest absolute Gasteiger partial charge is 0.227 e. The standard InChI is InChI=1S/C14H25N5/c1-10(2)12-11(3)16-14(17-13(12)18-15)19-8-6-4-5-7-9-19/h10H,4-9,15H2,1-3H3,(H,16,17,18). The molecule has 2 rings (SSSR count). The van der Waals surface area contributed by atoms with Crippen molar-refractivity contribution in [2.75, 3.05) is 23.4 Å². The number of aryl methyl sites for hydroxylation is 1. The zero-order valence-corrected chi connectivity index (χ0v) is 12.2. The molecule has 1 fully saturated rings. The first-order chi connectivity index (χ1) is 9.13. The summed E-state index contributed by atoms with van der Waals surface area (Å²) in [4.78, 5) is 11.6. The maximum atomic E-state index is 5.63. The predicted molar refractivity (Wildman–Crippen MR) is 79.3 cm³/mol. The van der Waals surface area contributed by atoms with Crippen LogP contribution in [0.15, 0.2) is 0 Å². The van der Waals surface area contributed by atoms with Gasteiger partial charge in [-0.15, -0.1) is 0 Å². The van der Waals surface area contributed by atoms with E-state index in [0.29, 0.717) is 5.92 Å². The highest BCUT2D eigenvalue weighted by molar-refractivity contribution is 5.51. The average Bonchev–Trinajstić information content (AvgIpc) is 2.65. The second kappa shape index (κ2) is 6.19. The lowest BCUT2D eigenvalue weighted by molar-refractivity contribution is 0.726. The fourth-order valence-corrected chi connectivity index (χ4v) is 2.78. The molecule has 0 aromatic carbocycles. The van der Waals surface area contributed by atoms with Crippen LogP contribution in [-0.2, 0) is 0 Å². The van der Waals surface area contributed by atoms with Gasteiger partial charge >= 0.3 is 0 Å². The summed E-state index contributed by atoms with van der Waals surface area (Å²) in [5.41, 5.74) is 4.87. The van der Waals surface area contributed by atoms with Crippen molar-refractivity contribution in [3.8, 4) is 0 Å². The molecular formula is C14H25N5. The minimum absolute atomic E-state index is 0.365. The number of hydrazine groups is 1. The van der Waals surface area contributed by atoms with Gasteiger partial charge in [-0.25, -0.2) is 10.8 Å². The van der Waals surface area contributed by atoms with E-state index in [1.165, 1.54) is 25.7 Å². The normalized spacial score (nSPS) is 16.6. The summed E-state index contributed by atoms with van der Waals surface area (Å²) >= 11 is 0. The molecule has 0 aliphatic carbocycles. The fraction of sp³-hybridized carbons (Fsp3) is 0.714. The highest BCUT2D eigenvalue weighted by atomic mass is 15.3. The molecule has 0 bridgehead atoms. The molecule has 1 saturated heterocycles. The van der Waals surface area contributed by atoms with Crippen molar-refractivity contribution in [3.05, 3.63) is 11.3 Å². The minimum atomic E-state index is 0.365. The number of aromatic nitrogens is 2. The van der Waals surface area contributed by atoms with Gasteiger partial charge in [0.1, 0.15) is 5.82 Å². The topological polar surface area (TPSA) is 67.1 Å². The van der Waals surface area contributed by atoms with E-state index < -0.39 is 0 Å². The van der Waals surface area contributed by atoms with Crippen molar-refractivity contribution in [3.63, 3.8) is 0 Å². The number of hydrogen-bond acceptors (Lipinski definition) is 5. The number of hydrogen-bond donors (Lipinski definition) is 2. The molecule has 0 unspecified atom stereocenters. The molecule has 3 N–H and O–H groups in total. The second-order valence-electron chi connectivity index (χ2n) is 5.57. The number of anilines is 2. The first-order valence-corrected chi connectivity index (χ1v) is 7.23. The monoisotopic (exact) mass is 263 g/mol. The quantitative estimate of drug-likeness (QED) is 0.648. The van der Waals surface area contributed by atoms with Gasteiger partial charge in [0.05, 0.1) is 0 Å². The minimum Gasteiger partial charge on any atom is -0.341 e. The highest BCUT2D eigenvalue weighted by Crippen LogP contribution is 2.27. The van der Waals surface area contributed by atoms with Crippen LogP contribution in [0.2, 0.25) is 0 Å². The third-order valence-corrected chi connectivity index (χ3v) is 3.73. The fourth-order valence-electron chi connectivity index (χ4n) is 2.78. The van der Waals surface area contributed by atoms with Gasteiger partial charge in [-0.1, -0.05) is 26.7 Å². The van der Waals surface area contributed by atoms with Crippen LogP contribution in [0.3, 0.4) is 0 Å². The summed E-state index contributed by atoms with van der Waals surface area (Å²) in [7, 11) is 0. The van der Waals surface area contributed by atoms with Crippen molar-refractivity contribution in [1.82, 2.24) is 9.97 Å². The SMILES string of the molecule is Cc1nc(N2CCCCCC2)nc(NN)c1C(C)C. The van der Waals surface area contributed by atoms with Crippen LogP contribution in [-0.4, -0.2) is 23.1 Å². The van der Waals surface area contributed by atoms with Crippen LogP contribution >= 0.6 is 0 Å². The van der Waals surface area contributed by atoms with Gasteiger partial charge in [-0.3, -0.25) is 0 Å². The Morgan fingerprint density at radius 2 is 1.74 bits per heavy atom. The lowest BCUT2D eigenvalue weighted by atomic mass is 10.0. The Bertz CT molecular complexity index is 422. The summed E-state index contributed by atoms with van der Waals surface area (Å²) in [5.74, 6) is 7.57. The lowest BCUT2D eigenvalue weighted by Gasteiger charge is -2.23. The molecule has 1 aliphatic rings. The first-order valence-electron chi connectivity index (χ1n) is 7.23. The van der Waals surface area contributed by atoms with E-state index in [9.17, 15) is 0 Å². The number of nitrogens with one attached hydrogen (secondary N) is 1. The summed E-state index contributed by atoms with van der Waals surface area (Å²) in [5, 5.41) is 0. The molecule has 106 valence electrons. The zero-order valence-electron chi connectivity index (χ0n) is 12.2. The third kappa shape index (κ3) is 3.15. The summed E-state index contributed by atoms with van der Waals surface area (Å²) in [6.45, 7) is 8.41. The van der Waals surface area contributed by atoms with E-state index in [1.54, 1.807) is 0 Å². The molecular weight excluding hydrogens is 238 g/mol. The van der Waals surface area contributed by atoms with Crippen LogP contribution in [0.4, 0.5) is 11.8 Å². The van der Waals surface area contributed by atoms with E-state index in [-0.39, 0.29) is 0 Å². The maximum Gasteiger partial charge on any atom is 0.227 e. The first kappa shape index (κ1) is 14.1. The summed E-state index contributed by atoms with van der Waals surface area (Å²) in [6, 6.07) is 0. The maximum absolute atomic E-state index is 5.63. The predicted octanol–water partition coefficient (Wildman–Crippen LogP) is 2.57. The molecule has 0 radical (unpaired) electrons. The third-order valence-electron chi connectivity index (χ3n) is 3.73.